The van der Waals surface area contributed by atoms with Crippen LogP contribution in [-0.2, 0) is 19.6 Å². The first-order chi connectivity index (χ1) is 9.74. The van der Waals surface area contributed by atoms with E-state index < -0.39 is 0 Å². The minimum absolute atomic E-state index is 0.0221. The summed E-state index contributed by atoms with van der Waals surface area (Å²) >= 11 is 0. The van der Waals surface area contributed by atoms with Crippen LogP contribution < -0.4 is 11.0 Å². The van der Waals surface area contributed by atoms with Gasteiger partial charge in [-0.25, -0.2) is 4.79 Å². The first kappa shape index (κ1) is 14.7. The lowest BCUT2D eigenvalue weighted by Crippen LogP contribution is -2.24. The molecule has 20 heavy (non-hydrogen) atoms. The molecule has 5 heteroatoms. The predicted molar refractivity (Wildman–Crippen MR) is 78.8 cm³/mol. The summed E-state index contributed by atoms with van der Waals surface area (Å²) in [6, 6.07) is 3.90. The molecule has 0 amide bonds. The van der Waals surface area contributed by atoms with Gasteiger partial charge in [-0.1, -0.05) is 13.8 Å². The summed E-state index contributed by atoms with van der Waals surface area (Å²) in [5.74, 6) is 1.73. The van der Waals surface area contributed by atoms with Crippen LogP contribution in [0.3, 0.4) is 0 Å². The molecule has 0 aliphatic heterocycles. The molecule has 0 spiro atoms. The van der Waals surface area contributed by atoms with Crippen molar-refractivity contribution in [1.29, 1.82) is 0 Å². The maximum absolute atomic E-state index is 12.1. The molecule has 0 aliphatic rings. The standard InChI is InChI=1S/C15H23N3O2/c1-3-7-16-11-13-5-6-14(20-13)12-18-10-9-17(8-4-2)15(18)19/h5-6,9-10,16H,3-4,7-8,11-12H2,1-2H3. The summed E-state index contributed by atoms with van der Waals surface area (Å²) in [4.78, 5) is 12.1. The molecule has 2 aromatic heterocycles. The highest BCUT2D eigenvalue weighted by Crippen LogP contribution is 2.09. The van der Waals surface area contributed by atoms with Crippen LogP contribution in [0.25, 0.3) is 0 Å². The number of furan rings is 1. The minimum Gasteiger partial charge on any atom is -0.463 e. The van der Waals surface area contributed by atoms with Gasteiger partial charge in [0.2, 0.25) is 0 Å². The Kier molecular flexibility index (Phi) is 5.24. The summed E-state index contributed by atoms with van der Waals surface area (Å²) in [5, 5.41) is 3.29. The Bertz CT molecular complexity index is 580. The molecule has 2 aromatic rings. The van der Waals surface area contributed by atoms with Gasteiger partial charge in [-0.2, -0.15) is 0 Å². The van der Waals surface area contributed by atoms with Gasteiger partial charge in [0.1, 0.15) is 11.5 Å². The van der Waals surface area contributed by atoms with E-state index in [-0.39, 0.29) is 5.69 Å². The lowest BCUT2D eigenvalue weighted by Gasteiger charge is -2.01. The van der Waals surface area contributed by atoms with Gasteiger partial charge in [0.15, 0.2) is 0 Å². The summed E-state index contributed by atoms with van der Waals surface area (Å²) in [6.45, 7) is 7.16. The Morgan fingerprint density at radius 3 is 2.60 bits per heavy atom. The van der Waals surface area contributed by atoms with Crippen molar-refractivity contribution < 1.29 is 4.42 Å². The zero-order chi connectivity index (χ0) is 14.4. The number of imidazole rings is 1. The van der Waals surface area contributed by atoms with Crippen LogP contribution in [-0.4, -0.2) is 15.7 Å². The van der Waals surface area contributed by atoms with Crippen molar-refractivity contribution in [2.45, 2.75) is 46.3 Å². The molecule has 2 heterocycles. The van der Waals surface area contributed by atoms with Gasteiger partial charge in [0.25, 0.3) is 0 Å². The molecule has 1 N–H and O–H groups in total. The van der Waals surface area contributed by atoms with Crippen molar-refractivity contribution in [3.63, 3.8) is 0 Å². The fraction of sp³-hybridized carbons (Fsp3) is 0.533. The molecule has 0 saturated heterocycles. The van der Waals surface area contributed by atoms with Crippen LogP contribution in [0.5, 0.6) is 0 Å². The minimum atomic E-state index is 0.0221. The van der Waals surface area contributed by atoms with Crippen LogP contribution in [0.1, 0.15) is 38.2 Å². The second-order valence-electron chi connectivity index (χ2n) is 4.95. The number of nitrogens with one attached hydrogen (secondary N) is 1. The van der Waals surface area contributed by atoms with Crippen molar-refractivity contribution >= 4 is 0 Å². The van der Waals surface area contributed by atoms with Crippen molar-refractivity contribution in [2.24, 2.45) is 0 Å². The van der Waals surface area contributed by atoms with Gasteiger partial charge in [-0.05, 0) is 31.5 Å². The number of hydrogen-bond acceptors (Lipinski definition) is 3. The van der Waals surface area contributed by atoms with E-state index in [1.54, 1.807) is 9.13 Å². The largest absolute Gasteiger partial charge is 0.463 e. The number of aryl methyl sites for hydroxylation is 1. The molecule has 0 radical (unpaired) electrons. The van der Waals surface area contributed by atoms with E-state index in [1.165, 1.54) is 0 Å². The predicted octanol–water partition coefficient (Wildman–Crippen LogP) is 2.20. The Labute approximate surface area is 119 Å². The van der Waals surface area contributed by atoms with Gasteiger partial charge in [0, 0.05) is 18.9 Å². The topological polar surface area (TPSA) is 52.1 Å². The van der Waals surface area contributed by atoms with Crippen LogP contribution in [0.2, 0.25) is 0 Å². The summed E-state index contributed by atoms with van der Waals surface area (Å²) < 4.78 is 9.13. The molecule has 0 unspecified atom stereocenters. The lowest BCUT2D eigenvalue weighted by atomic mass is 10.4. The molecule has 2 rings (SSSR count). The molecule has 5 nitrogen and oxygen atoms in total. The molecule has 0 aliphatic carbocycles. The first-order valence-corrected chi connectivity index (χ1v) is 7.28. The van der Waals surface area contributed by atoms with E-state index in [0.29, 0.717) is 6.54 Å². The van der Waals surface area contributed by atoms with Crippen molar-refractivity contribution in [2.75, 3.05) is 6.54 Å². The summed E-state index contributed by atoms with van der Waals surface area (Å²) in [7, 11) is 0. The number of rotatable bonds is 8. The summed E-state index contributed by atoms with van der Waals surface area (Å²) in [5.41, 5.74) is 0.0221. The van der Waals surface area contributed by atoms with E-state index in [4.69, 9.17) is 4.42 Å². The van der Waals surface area contributed by atoms with E-state index in [9.17, 15) is 4.79 Å². The Morgan fingerprint density at radius 1 is 1.10 bits per heavy atom. The van der Waals surface area contributed by atoms with Crippen LogP contribution in [0, 0.1) is 0 Å². The fourth-order valence-corrected chi connectivity index (χ4v) is 2.14. The average Bonchev–Trinajstić information content (AvgIpc) is 3.01. The highest BCUT2D eigenvalue weighted by molar-refractivity contribution is 5.07. The second kappa shape index (κ2) is 7.14. The zero-order valence-corrected chi connectivity index (χ0v) is 12.3. The highest BCUT2D eigenvalue weighted by atomic mass is 16.3. The molecule has 0 atom stereocenters. The van der Waals surface area contributed by atoms with Gasteiger partial charge < -0.3 is 9.73 Å². The van der Waals surface area contributed by atoms with Gasteiger partial charge >= 0.3 is 5.69 Å². The quantitative estimate of drug-likeness (QED) is 0.753. The van der Waals surface area contributed by atoms with Crippen molar-refractivity contribution in [3.05, 3.63) is 46.5 Å². The van der Waals surface area contributed by atoms with Gasteiger partial charge in [0.05, 0.1) is 13.1 Å². The van der Waals surface area contributed by atoms with Gasteiger partial charge in [-0.15, -0.1) is 0 Å². The maximum atomic E-state index is 12.1. The fourth-order valence-electron chi connectivity index (χ4n) is 2.14. The molecular formula is C15H23N3O2. The highest BCUT2D eigenvalue weighted by Gasteiger charge is 2.06. The lowest BCUT2D eigenvalue weighted by molar-refractivity contribution is 0.434. The normalized spacial score (nSPS) is 11.1. The van der Waals surface area contributed by atoms with E-state index in [0.717, 1.165) is 44.0 Å². The van der Waals surface area contributed by atoms with Gasteiger partial charge in [-0.3, -0.25) is 9.13 Å². The first-order valence-electron chi connectivity index (χ1n) is 7.28. The number of aromatic nitrogens is 2. The van der Waals surface area contributed by atoms with Crippen LogP contribution in [0.4, 0.5) is 0 Å². The molecular weight excluding hydrogens is 254 g/mol. The average molecular weight is 277 g/mol. The Balaban J connectivity index is 1.98. The zero-order valence-electron chi connectivity index (χ0n) is 12.3. The molecule has 0 aromatic carbocycles. The third-order valence-corrected chi connectivity index (χ3v) is 3.15. The van der Waals surface area contributed by atoms with Crippen LogP contribution in [0.15, 0.2) is 33.7 Å². The number of nitrogens with zero attached hydrogens (tertiary/aromatic N) is 2. The third-order valence-electron chi connectivity index (χ3n) is 3.15. The van der Waals surface area contributed by atoms with E-state index in [2.05, 4.69) is 19.2 Å². The summed E-state index contributed by atoms with van der Waals surface area (Å²) in [6.07, 6.45) is 5.71. The second-order valence-corrected chi connectivity index (χ2v) is 4.95. The molecule has 0 bridgehead atoms. The van der Waals surface area contributed by atoms with E-state index >= 15 is 0 Å². The molecule has 0 fully saturated rings. The monoisotopic (exact) mass is 277 g/mol. The Hall–Kier alpha value is -1.75. The van der Waals surface area contributed by atoms with Crippen molar-refractivity contribution in [3.8, 4) is 0 Å². The van der Waals surface area contributed by atoms with Crippen LogP contribution >= 0.6 is 0 Å². The number of hydrogen-bond donors (Lipinski definition) is 1. The van der Waals surface area contributed by atoms with Crippen molar-refractivity contribution in [1.82, 2.24) is 14.5 Å². The molecule has 110 valence electrons. The molecule has 0 saturated carbocycles. The Morgan fingerprint density at radius 2 is 1.85 bits per heavy atom. The maximum Gasteiger partial charge on any atom is 0.328 e. The SMILES string of the molecule is CCCNCc1ccc(Cn2ccn(CCC)c2=O)o1. The smallest absolute Gasteiger partial charge is 0.328 e. The van der Waals surface area contributed by atoms with E-state index in [1.807, 2.05) is 24.5 Å². The third kappa shape index (κ3) is 3.63.